The molecule has 0 atom stereocenters. The SMILES string of the molecule is CC(C)C(=O)N1CCC(Oc2ccc(NC(=O)C3CCC3)cn2)CC1. The first-order valence-corrected chi connectivity index (χ1v) is 9.25. The van der Waals surface area contributed by atoms with Gasteiger partial charge in [-0.15, -0.1) is 0 Å². The Morgan fingerprint density at radius 1 is 1.20 bits per heavy atom. The second-order valence-electron chi connectivity index (χ2n) is 7.30. The Morgan fingerprint density at radius 3 is 2.44 bits per heavy atom. The van der Waals surface area contributed by atoms with E-state index in [0.29, 0.717) is 11.6 Å². The van der Waals surface area contributed by atoms with Crippen LogP contribution in [-0.4, -0.2) is 40.9 Å². The van der Waals surface area contributed by atoms with Crippen LogP contribution < -0.4 is 10.1 Å². The first-order valence-electron chi connectivity index (χ1n) is 9.25. The van der Waals surface area contributed by atoms with Crippen LogP contribution >= 0.6 is 0 Å². The second kappa shape index (κ2) is 7.85. The van der Waals surface area contributed by atoms with Gasteiger partial charge in [0.25, 0.3) is 0 Å². The second-order valence-corrected chi connectivity index (χ2v) is 7.30. The van der Waals surface area contributed by atoms with Crippen LogP contribution in [0.1, 0.15) is 46.0 Å². The number of carbonyl (C=O) groups excluding carboxylic acids is 2. The van der Waals surface area contributed by atoms with Gasteiger partial charge in [-0.3, -0.25) is 9.59 Å². The molecule has 2 amide bonds. The molecule has 1 saturated carbocycles. The number of anilines is 1. The molecule has 0 bridgehead atoms. The molecule has 1 saturated heterocycles. The van der Waals surface area contributed by atoms with Gasteiger partial charge in [0.2, 0.25) is 17.7 Å². The van der Waals surface area contributed by atoms with Crippen molar-refractivity contribution in [2.45, 2.75) is 52.1 Å². The van der Waals surface area contributed by atoms with Crippen molar-refractivity contribution < 1.29 is 14.3 Å². The number of rotatable bonds is 5. The van der Waals surface area contributed by atoms with Crippen LogP contribution in [-0.2, 0) is 9.59 Å². The molecule has 1 aromatic rings. The lowest BCUT2D eigenvalue weighted by molar-refractivity contribution is -0.136. The van der Waals surface area contributed by atoms with E-state index >= 15 is 0 Å². The molecule has 1 aliphatic heterocycles. The molecule has 0 unspecified atom stereocenters. The van der Waals surface area contributed by atoms with E-state index in [4.69, 9.17) is 4.74 Å². The molecule has 136 valence electrons. The maximum Gasteiger partial charge on any atom is 0.227 e. The van der Waals surface area contributed by atoms with Crippen LogP contribution in [0.25, 0.3) is 0 Å². The predicted octanol–water partition coefficient (Wildman–Crippen LogP) is 2.85. The highest BCUT2D eigenvalue weighted by Gasteiger charge is 2.26. The number of nitrogens with one attached hydrogen (secondary N) is 1. The van der Waals surface area contributed by atoms with E-state index in [9.17, 15) is 9.59 Å². The summed E-state index contributed by atoms with van der Waals surface area (Å²) in [5.74, 6) is 1.07. The van der Waals surface area contributed by atoms with Crippen LogP contribution in [0.2, 0.25) is 0 Å². The third-order valence-electron chi connectivity index (χ3n) is 5.01. The van der Waals surface area contributed by atoms with Crippen molar-refractivity contribution in [1.82, 2.24) is 9.88 Å². The normalized spacial score (nSPS) is 18.8. The van der Waals surface area contributed by atoms with Crippen molar-refractivity contribution in [3.63, 3.8) is 0 Å². The summed E-state index contributed by atoms with van der Waals surface area (Å²) in [6.45, 7) is 5.33. The molecule has 3 rings (SSSR count). The summed E-state index contributed by atoms with van der Waals surface area (Å²) in [6.07, 6.45) is 6.48. The average Bonchev–Trinajstić information content (AvgIpc) is 2.55. The van der Waals surface area contributed by atoms with Crippen LogP contribution in [0.5, 0.6) is 5.88 Å². The minimum Gasteiger partial charge on any atom is -0.474 e. The van der Waals surface area contributed by atoms with Crippen LogP contribution in [0.15, 0.2) is 18.3 Å². The highest BCUT2D eigenvalue weighted by molar-refractivity contribution is 5.92. The summed E-state index contributed by atoms with van der Waals surface area (Å²) < 4.78 is 5.92. The predicted molar refractivity (Wildman–Crippen MR) is 95.3 cm³/mol. The van der Waals surface area contributed by atoms with Crippen molar-refractivity contribution >= 4 is 17.5 Å². The van der Waals surface area contributed by atoms with Crippen molar-refractivity contribution in [1.29, 1.82) is 0 Å². The van der Waals surface area contributed by atoms with Crippen molar-refractivity contribution in [2.24, 2.45) is 11.8 Å². The van der Waals surface area contributed by atoms with Crippen molar-refractivity contribution in [2.75, 3.05) is 18.4 Å². The lowest BCUT2D eigenvalue weighted by Gasteiger charge is -2.33. The summed E-state index contributed by atoms with van der Waals surface area (Å²) in [5.41, 5.74) is 0.710. The number of hydrogen-bond acceptors (Lipinski definition) is 4. The van der Waals surface area contributed by atoms with E-state index in [2.05, 4.69) is 10.3 Å². The van der Waals surface area contributed by atoms with Gasteiger partial charge in [0.05, 0.1) is 11.9 Å². The molecule has 6 nitrogen and oxygen atoms in total. The molecular formula is C19H27N3O3. The van der Waals surface area contributed by atoms with Gasteiger partial charge in [-0.2, -0.15) is 0 Å². The molecular weight excluding hydrogens is 318 g/mol. The fourth-order valence-corrected chi connectivity index (χ4v) is 3.17. The first kappa shape index (κ1) is 17.7. The molecule has 0 spiro atoms. The lowest BCUT2D eigenvalue weighted by atomic mass is 9.85. The van der Waals surface area contributed by atoms with E-state index in [0.717, 1.165) is 45.2 Å². The Hall–Kier alpha value is -2.11. The Morgan fingerprint density at radius 2 is 1.92 bits per heavy atom. The highest BCUT2D eigenvalue weighted by atomic mass is 16.5. The van der Waals surface area contributed by atoms with Gasteiger partial charge in [-0.25, -0.2) is 4.98 Å². The van der Waals surface area contributed by atoms with Gasteiger partial charge in [0.1, 0.15) is 6.10 Å². The monoisotopic (exact) mass is 345 g/mol. The fraction of sp³-hybridized carbons (Fsp3) is 0.632. The van der Waals surface area contributed by atoms with E-state index in [-0.39, 0.29) is 29.8 Å². The summed E-state index contributed by atoms with van der Waals surface area (Å²) in [7, 11) is 0. The summed E-state index contributed by atoms with van der Waals surface area (Å²) in [5, 5.41) is 2.90. The Balaban J connectivity index is 1.46. The van der Waals surface area contributed by atoms with Gasteiger partial charge in [0, 0.05) is 43.8 Å². The molecule has 2 aliphatic rings. The quantitative estimate of drug-likeness (QED) is 0.891. The zero-order chi connectivity index (χ0) is 17.8. The number of aromatic nitrogens is 1. The van der Waals surface area contributed by atoms with Crippen LogP contribution in [0.4, 0.5) is 5.69 Å². The molecule has 0 aromatic carbocycles. The largest absolute Gasteiger partial charge is 0.474 e. The van der Waals surface area contributed by atoms with Crippen molar-refractivity contribution in [3.05, 3.63) is 18.3 Å². The standard InChI is InChI=1S/C19H27N3O3/c1-13(2)19(24)22-10-8-16(9-11-22)25-17-7-6-15(12-20-17)21-18(23)14-4-3-5-14/h6-7,12-14,16H,3-5,8-11H2,1-2H3,(H,21,23). The zero-order valence-electron chi connectivity index (χ0n) is 15.0. The molecule has 0 radical (unpaired) electrons. The summed E-state index contributed by atoms with van der Waals surface area (Å²) in [4.78, 5) is 30.1. The van der Waals surface area contributed by atoms with Gasteiger partial charge >= 0.3 is 0 Å². The zero-order valence-corrected chi connectivity index (χ0v) is 15.0. The third kappa shape index (κ3) is 4.50. The number of pyridine rings is 1. The maximum absolute atomic E-state index is 12.0. The number of ether oxygens (including phenoxy) is 1. The molecule has 1 N–H and O–H groups in total. The Kier molecular flexibility index (Phi) is 5.56. The van der Waals surface area contributed by atoms with Crippen LogP contribution in [0.3, 0.4) is 0 Å². The number of carbonyl (C=O) groups is 2. The van der Waals surface area contributed by atoms with E-state index in [1.165, 1.54) is 0 Å². The molecule has 2 heterocycles. The average molecular weight is 345 g/mol. The lowest BCUT2D eigenvalue weighted by Crippen LogP contribution is -2.43. The first-order chi connectivity index (χ1) is 12.0. The Labute approximate surface area is 148 Å². The Bertz CT molecular complexity index is 603. The minimum atomic E-state index is 0.0434. The number of nitrogens with zero attached hydrogens (tertiary/aromatic N) is 2. The number of piperidine rings is 1. The smallest absolute Gasteiger partial charge is 0.227 e. The van der Waals surface area contributed by atoms with E-state index in [1.807, 2.05) is 24.8 Å². The molecule has 25 heavy (non-hydrogen) atoms. The van der Waals surface area contributed by atoms with Crippen molar-refractivity contribution in [3.8, 4) is 5.88 Å². The highest BCUT2D eigenvalue weighted by Crippen LogP contribution is 2.27. The van der Waals surface area contributed by atoms with Gasteiger partial charge in [0.15, 0.2) is 0 Å². The topological polar surface area (TPSA) is 71.5 Å². The number of likely N-dealkylation sites (tertiary alicyclic amines) is 1. The minimum absolute atomic E-state index is 0.0434. The summed E-state index contributed by atoms with van der Waals surface area (Å²) in [6, 6.07) is 3.62. The molecule has 1 aromatic heterocycles. The number of amides is 2. The summed E-state index contributed by atoms with van der Waals surface area (Å²) >= 11 is 0. The molecule has 6 heteroatoms. The van der Waals surface area contributed by atoms with Gasteiger partial charge in [-0.05, 0) is 18.9 Å². The fourth-order valence-electron chi connectivity index (χ4n) is 3.17. The molecule has 1 aliphatic carbocycles. The van der Waals surface area contributed by atoms with Gasteiger partial charge < -0.3 is 15.0 Å². The third-order valence-corrected chi connectivity index (χ3v) is 5.01. The van der Waals surface area contributed by atoms with Crippen LogP contribution in [0, 0.1) is 11.8 Å². The number of hydrogen-bond donors (Lipinski definition) is 1. The molecule has 2 fully saturated rings. The maximum atomic E-state index is 12.0. The van der Waals surface area contributed by atoms with Gasteiger partial charge in [-0.1, -0.05) is 20.3 Å². The van der Waals surface area contributed by atoms with E-state index in [1.54, 1.807) is 12.3 Å². The van der Waals surface area contributed by atoms with E-state index < -0.39 is 0 Å².